The lowest BCUT2D eigenvalue weighted by molar-refractivity contribution is 0.489. The Morgan fingerprint density at radius 1 is 1.24 bits per heavy atom. The van der Waals surface area contributed by atoms with Crippen LogP contribution in [0, 0.1) is 11.6 Å². The Morgan fingerprint density at radius 2 is 1.82 bits per heavy atom. The Bertz CT molecular complexity index is 514. The van der Waals surface area contributed by atoms with E-state index in [9.17, 15) is 8.78 Å². The molecular formula is C14H14F2S. The van der Waals surface area contributed by atoms with Crippen LogP contribution in [0.4, 0.5) is 8.78 Å². The van der Waals surface area contributed by atoms with Gasteiger partial charge in [0, 0.05) is 5.56 Å². The van der Waals surface area contributed by atoms with Gasteiger partial charge in [0.2, 0.25) is 0 Å². The molecule has 1 aromatic rings. The van der Waals surface area contributed by atoms with Gasteiger partial charge in [-0.15, -0.1) is 12.6 Å². The molecule has 1 aromatic carbocycles. The second-order valence-electron chi connectivity index (χ2n) is 3.66. The van der Waals surface area contributed by atoms with Crippen molar-refractivity contribution in [3.05, 3.63) is 47.6 Å². The standard InChI is InChI=1S/C14H14F2S/c1-5-7-10-11(8(3)4)9(6-2)12(15)13(16)14(10)17/h5-7,17H,2-3H2,1,4H3. The fourth-order valence-corrected chi connectivity index (χ4v) is 1.98. The summed E-state index contributed by atoms with van der Waals surface area (Å²) in [6.45, 7) is 10.8. The summed E-state index contributed by atoms with van der Waals surface area (Å²) in [5, 5.41) is 0. The maximum Gasteiger partial charge on any atom is 0.173 e. The third-order valence-electron chi connectivity index (χ3n) is 2.40. The second kappa shape index (κ2) is 5.32. The minimum atomic E-state index is -0.957. The number of hydrogen-bond acceptors (Lipinski definition) is 1. The van der Waals surface area contributed by atoms with Crippen molar-refractivity contribution >= 4 is 30.4 Å². The van der Waals surface area contributed by atoms with Crippen LogP contribution in [0.1, 0.15) is 30.5 Å². The molecule has 0 spiro atoms. The van der Waals surface area contributed by atoms with Gasteiger partial charge in [-0.05, 0) is 30.5 Å². The average molecular weight is 252 g/mol. The molecule has 3 heteroatoms. The summed E-state index contributed by atoms with van der Waals surface area (Å²) in [4.78, 5) is -0.01000. The van der Waals surface area contributed by atoms with Gasteiger partial charge >= 0.3 is 0 Å². The lowest BCUT2D eigenvalue weighted by Gasteiger charge is -2.15. The minimum absolute atomic E-state index is 0.01000. The van der Waals surface area contributed by atoms with Gasteiger partial charge in [-0.2, -0.15) is 0 Å². The van der Waals surface area contributed by atoms with Gasteiger partial charge in [-0.25, -0.2) is 8.78 Å². The summed E-state index contributed by atoms with van der Waals surface area (Å²) < 4.78 is 27.4. The zero-order valence-corrected chi connectivity index (χ0v) is 10.7. The molecule has 0 aliphatic heterocycles. The van der Waals surface area contributed by atoms with E-state index in [4.69, 9.17) is 0 Å². The molecule has 90 valence electrons. The van der Waals surface area contributed by atoms with Crippen LogP contribution in [0.5, 0.6) is 0 Å². The van der Waals surface area contributed by atoms with E-state index in [-0.39, 0.29) is 10.5 Å². The van der Waals surface area contributed by atoms with Gasteiger partial charge in [0.05, 0.1) is 4.90 Å². The molecule has 0 unspecified atom stereocenters. The lowest BCUT2D eigenvalue weighted by atomic mass is 9.94. The molecule has 0 radical (unpaired) electrons. The highest BCUT2D eigenvalue weighted by Gasteiger charge is 2.20. The van der Waals surface area contributed by atoms with E-state index in [0.717, 1.165) is 0 Å². The fraction of sp³-hybridized carbons (Fsp3) is 0.143. The molecule has 1 rings (SSSR count). The molecule has 17 heavy (non-hydrogen) atoms. The SMILES string of the molecule is C=Cc1c(F)c(F)c(S)c(C=CC)c1C(=C)C. The highest BCUT2D eigenvalue weighted by molar-refractivity contribution is 7.80. The molecule has 0 saturated carbocycles. The zero-order valence-electron chi connectivity index (χ0n) is 9.85. The molecule has 0 fully saturated rings. The van der Waals surface area contributed by atoms with E-state index in [0.29, 0.717) is 16.7 Å². The van der Waals surface area contributed by atoms with Crippen molar-refractivity contribution < 1.29 is 8.78 Å². The van der Waals surface area contributed by atoms with Crippen LogP contribution in [-0.2, 0) is 0 Å². The largest absolute Gasteiger partial charge is 0.203 e. The summed E-state index contributed by atoms with van der Waals surface area (Å²) >= 11 is 4.02. The van der Waals surface area contributed by atoms with Crippen LogP contribution in [0.15, 0.2) is 24.1 Å². The Balaban J connectivity index is 3.85. The molecule has 0 aliphatic carbocycles. The van der Waals surface area contributed by atoms with Crippen molar-refractivity contribution in [1.82, 2.24) is 0 Å². The number of rotatable bonds is 3. The molecule has 0 aromatic heterocycles. The van der Waals surface area contributed by atoms with Crippen LogP contribution in [0.25, 0.3) is 17.7 Å². The van der Waals surface area contributed by atoms with Gasteiger partial charge in [0.1, 0.15) is 0 Å². The van der Waals surface area contributed by atoms with Crippen molar-refractivity contribution in [2.24, 2.45) is 0 Å². The van der Waals surface area contributed by atoms with E-state index in [1.54, 1.807) is 26.0 Å². The van der Waals surface area contributed by atoms with Crippen molar-refractivity contribution in [3.8, 4) is 0 Å². The fourth-order valence-electron chi connectivity index (χ4n) is 1.69. The molecule has 0 N–H and O–H groups in total. The first-order valence-electron chi connectivity index (χ1n) is 5.10. The zero-order chi connectivity index (χ0) is 13.2. The Kier molecular flexibility index (Phi) is 4.29. The Hall–Kier alpha value is -1.35. The first kappa shape index (κ1) is 13.7. The van der Waals surface area contributed by atoms with Gasteiger partial charge in [0.25, 0.3) is 0 Å². The van der Waals surface area contributed by atoms with Crippen LogP contribution in [-0.4, -0.2) is 0 Å². The maximum atomic E-state index is 13.7. The maximum absolute atomic E-state index is 13.7. The smallest absolute Gasteiger partial charge is 0.173 e. The highest BCUT2D eigenvalue weighted by atomic mass is 32.1. The summed E-state index contributed by atoms with van der Waals surface area (Å²) in [7, 11) is 0. The average Bonchev–Trinajstić information content (AvgIpc) is 2.29. The summed E-state index contributed by atoms with van der Waals surface area (Å²) in [5.74, 6) is -1.89. The van der Waals surface area contributed by atoms with Crippen LogP contribution < -0.4 is 0 Å². The minimum Gasteiger partial charge on any atom is -0.203 e. The molecule has 0 heterocycles. The van der Waals surface area contributed by atoms with Crippen molar-refractivity contribution in [2.45, 2.75) is 18.7 Å². The van der Waals surface area contributed by atoms with Gasteiger partial charge in [-0.1, -0.05) is 31.4 Å². The molecule has 0 nitrogen and oxygen atoms in total. The summed E-state index contributed by atoms with van der Waals surface area (Å²) in [5.41, 5.74) is 1.84. The van der Waals surface area contributed by atoms with Gasteiger partial charge in [-0.3, -0.25) is 0 Å². The van der Waals surface area contributed by atoms with E-state index in [1.165, 1.54) is 6.08 Å². The Labute approximate surface area is 106 Å². The summed E-state index contributed by atoms with van der Waals surface area (Å²) in [6.07, 6.45) is 4.72. The molecule has 0 aliphatic rings. The number of hydrogen-bond donors (Lipinski definition) is 1. The lowest BCUT2D eigenvalue weighted by Crippen LogP contribution is -2.01. The van der Waals surface area contributed by atoms with Crippen molar-refractivity contribution in [3.63, 3.8) is 0 Å². The predicted octanol–water partition coefficient (Wildman–Crippen LogP) is 4.96. The predicted molar refractivity (Wildman–Crippen MR) is 73.1 cm³/mol. The molecular weight excluding hydrogens is 238 g/mol. The second-order valence-corrected chi connectivity index (χ2v) is 4.11. The number of benzene rings is 1. The highest BCUT2D eigenvalue weighted by Crippen LogP contribution is 2.34. The number of allylic oxidation sites excluding steroid dienone is 2. The quantitative estimate of drug-likeness (QED) is 0.722. The first-order chi connectivity index (χ1) is 7.95. The molecule has 0 bridgehead atoms. The van der Waals surface area contributed by atoms with Crippen LogP contribution in [0.2, 0.25) is 0 Å². The number of halogens is 2. The monoisotopic (exact) mass is 252 g/mol. The van der Waals surface area contributed by atoms with Gasteiger partial charge < -0.3 is 0 Å². The molecule has 0 saturated heterocycles. The third kappa shape index (κ3) is 2.34. The summed E-state index contributed by atoms with van der Waals surface area (Å²) in [6, 6.07) is 0. The number of thiol groups is 1. The topological polar surface area (TPSA) is 0 Å². The van der Waals surface area contributed by atoms with Crippen molar-refractivity contribution in [1.29, 1.82) is 0 Å². The molecule has 0 atom stereocenters. The van der Waals surface area contributed by atoms with Gasteiger partial charge in [0.15, 0.2) is 11.6 Å². The third-order valence-corrected chi connectivity index (χ3v) is 2.83. The van der Waals surface area contributed by atoms with E-state index < -0.39 is 11.6 Å². The first-order valence-corrected chi connectivity index (χ1v) is 5.55. The van der Waals surface area contributed by atoms with E-state index in [2.05, 4.69) is 25.8 Å². The molecule has 0 amide bonds. The van der Waals surface area contributed by atoms with E-state index >= 15 is 0 Å². The van der Waals surface area contributed by atoms with Crippen LogP contribution in [0.3, 0.4) is 0 Å². The van der Waals surface area contributed by atoms with Crippen LogP contribution >= 0.6 is 12.6 Å². The van der Waals surface area contributed by atoms with E-state index in [1.807, 2.05) is 0 Å². The van der Waals surface area contributed by atoms with Crippen molar-refractivity contribution in [2.75, 3.05) is 0 Å². The normalized spacial score (nSPS) is 10.9. The Morgan fingerprint density at radius 3 is 2.24 bits per heavy atom.